The van der Waals surface area contributed by atoms with Gasteiger partial charge in [-0.15, -0.1) is 11.3 Å². The molecule has 1 aromatic heterocycles. The average molecular weight is 391 g/mol. The lowest BCUT2D eigenvalue weighted by atomic mass is 10.2. The van der Waals surface area contributed by atoms with E-state index in [2.05, 4.69) is 4.90 Å². The summed E-state index contributed by atoms with van der Waals surface area (Å²) in [6.45, 7) is 3.09. The number of β-amino-alcohol motifs (C(OH)–C–C–N with tert-alkyl or cyclic N) is 1. The van der Waals surface area contributed by atoms with Crippen LogP contribution in [0.3, 0.4) is 0 Å². The minimum absolute atomic E-state index is 0.0477. The van der Waals surface area contributed by atoms with E-state index in [1.807, 2.05) is 22.4 Å². The quantitative estimate of drug-likeness (QED) is 0.572. The van der Waals surface area contributed by atoms with Crippen LogP contribution >= 0.6 is 11.3 Å². The number of nitrogens with zero attached hydrogens (tertiary/aromatic N) is 3. The van der Waals surface area contributed by atoms with E-state index in [9.17, 15) is 20.0 Å². The van der Waals surface area contributed by atoms with E-state index in [0.717, 1.165) is 4.88 Å². The maximum Gasteiger partial charge on any atom is 0.273 e. The first-order chi connectivity index (χ1) is 13.0. The molecule has 9 heteroatoms. The van der Waals surface area contributed by atoms with E-state index in [1.54, 1.807) is 12.1 Å². The Morgan fingerprint density at radius 2 is 2.04 bits per heavy atom. The molecule has 1 aliphatic heterocycles. The van der Waals surface area contributed by atoms with Gasteiger partial charge in [0.25, 0.3) is 11.6 Å². The van der Waals surface area contributed by atoms with Gasteiger partial charge >= 0.3 is 0 Å². The molecule has 8 nitrogen and oxygen atoms in total. The molecule has 2 aromatic rings. The summed E-state index contributed by atoms with van der Waals surface area (Å²) in [4.78, 5) is 27.3. The Labute approximate surface area is 160 Å². The summed E-state index contributed by atoms with van der Waals surface area (Å²) in [5, 5.41) is 22.8. The number of aliphatic hydroxyl groups excluding tert-OH is 1. The highest BCUT2D eigenvalue weighted by Gasteiger charge is 2.24. The third-order valence-electron chi connectivity index (χ3n) is 4.33. The number of carbonyl (C=O) groups excluding carboxylic acids is 1. The van der Waals surface area contributed by atoms with E-state index in [-0.39, 0.29) is 18.2 Å². The van der Waals surface area contributed by atoms with Crippen molar-refractivity contribution in [2.45, 2.75) is 6.10 Å². The van der Waals surface area contributed by atoms with Gasteiger partial charge < -0.3 is 14.7 Å². The van der Waals surface area contributed by atoms with Gasteiger partial charge in [0.15, 0.2) is 0 Å². The molecular weight excluding hydrogens is 370 g/mol. The Hall–Kier alpha value is -2.49. The van der Waals surface area contributed by atoms with Crippen LogP contribution in [0.1, 0.15) is 9.67 Å². The second kappa shape index (κ2) is 8.94. The first-order valence-corrected chi connectivity index (χ1v) is 9.51. The van der Waals surface area contributed by atoms with Gasteiger partial charge in [-0.3, -0.25) is 19.8 Å². The molecule has 1 atom stereocenters. The number of nitro benzene ring substituents is 1. The lowest BCUT2D eigenvalue weighted by Crippen LogP contribution is -2.50. The molecule has 3 rings (SSSR count). The average Bonchev–Trinajstić information content (AvgIpc) is 3.21. The molecule has 0 saturated carbocycles. The maximum absolute atomic E-state index is 12.3. The lowest BCUT2D eigenvalue weighted by Gasteiger charge is -2.35. The summed E-state index contributed by atoms with van der Waals surface area (Å²) >= 11 is 1.44. The number of hydrogen-bond acceptors (Lipinski definition) is 7. The van der Waals surface area contributed by atoms with Gasteiger partial charge in [0.1, 0.15) is 18.5 Å². The van der Waals surface area contributed by atoms with Crippen LogP contribution in [0.2, 0.25) is 0 Å². The monoisotopic (exact) mass is 391 g/mol. The topological polar surface area (TPSA) is 96.2 Å². The highest BCUT2D eigenvalue weighted by Crippen LogP contribution is 2.19. The number of piperazine rings is 1. The molecule has 0 bridgehead atoms. The fraction of sp³-hybridized carbons (Fsp3) is 0.389. The molecule has 2 heterocycles. The van der Waals surface area contributed by atoms with Crippen LogP contribution in [0.4, 0.5) is 5.69 Å². The number of nitro groups is 1. The van der Waals surface area contributed by atoms with E-state index in [1.165, 1.54) is 23.5 Å². The van der Waals surface area contributed by atoms with E-state index in [0.29, 0.717) is 38.5 Å². The standard InChI is InChI=1S/C18H21N3O5S/c22-15(13-26-16-4-1-3-14(11-16)21(24)25)12-19-6-8-20(9-7-19)18(23)17-5-2-10-27-17/h1-5,10-11,15,22H,6-9,12-13H2/t15-/m1/s1. The van der Waals surface area contributed by atoms with Crippen molar-refractivity contribution in [3.05, 3.63) is 56.8 Å². The van der Waals surface area contributed by atoms with Crippen LogP contribution in [0.15, 0.2) is 41.8 Å². The summed E-state index contributed by atoms with van der Waals surface area (Å²) < 4.78 is 5.46. The van der Waals surface area contributed by atoms with E-state index >= 15 is 0 Å². The predicted octanol–water partition coefficient (Wildman–Crippen LogP) is 1.85. The predicted molar refractivity (Wildman–Crippen MR) is 101 cm³/mol. The number of hydrogen-bond donors (Lipinski definition) is 1. The summed E-state index contributed by atoms with van der Waals surface area (Å²) in [5.41, 5.74) is -0.0477. The molecule has 27 heavy (non-hydrogen) atoms. The van der Waals surface area contributed by atoms with Crippen LogP contribution in [0, 0.1) is 10.1 Å². The van der Waals surface area contributed by atoms with Crippen LogP contribution in [0.5, 0.6) is 5.75 Å². The molecule has 1 saturated heterocycles. The zero-order chi connectivity index (χ0) is 19.2. The Kier molecular flexibility index (Phi) is 6.38. The van der Waals surface area contributed by atoms with Gasteiger partial charge in [-0.25, -0.2) is 0 Å². The van der Waals surface area contributed by atoms with Crippen LogP contribution in [-0.4, -0.2) is 71.2 Å². The van der Waals surface area contributed by atoms with Crippen molar-refractivity contribution in [1.82, 2.24) is 9.80 Å². The number of thiophene rings is 1. The van der Waals surface area contributed by atoms with Crippen molar-refractivity contribution < 1.29 is 19.6 Å². The zero-order valence-corrected chi connectivity index (χ0v) is 15.5. The Morgan fingerprint density at radius 1 is 1.26 bits per heavy atom. The van der Waals surface area contributed by atoms with Crippen molar-refractivity contribution in [1.29, 1.82) is 0 Å². The fourth-order valence-corrected chi connectivity index (χ4v) is 3.61. The third kappa shape index (κ3) is 5.25. The lowest BCUT2D eigenvalue weighted by molar-refractivity contribution is -0.384. The molecule has 144 valence electrons. The Bertz CT molecular complexity index is 775. The Morgan fingerprint density at radius 3 is 2.70 bits per heavy atom. The number of aliphatic hydroxyl groups is 1. The summed E-state index contributed by atoms with van der Waals surface area (Å²) in [6.07, 6.45) is -0.719. The molecule has 1 amide bonds. The van der Waals surface area contributed by atoms with Crippen molar-refractivity contribution in [3.8, 4) is 5.75 Å². The van der Waals surface area contributed by atoms with E-state index < -0.39 is 11.0 Å². The molecule has 1 aliphatic rings. The summed E-state index contributed by atoms with van der Waals surface area (Å²) in [6, 6.07) is 9.58. The van der Waals surface area contributed by atoms with Gasteiger partial charge in [-0.1, -0.05) is 12.1 Å². The molecule has 0 unspecified atom stereocenters. The van der Waals surface area contributed by atoms with Gasteiger partial charge in [0.2, 0.25) is 0 Å². The largest absolute Gasteiger partial charge is 0.491 e. The number of amides is 1. The number of rotatable bonds is 7. The van der Waals surface area contributed by atoms with Crippen LogP contribution < -0.4 is 4.74 Å². The van der Waals surface area contributed by atoms with Gasteiger partial charge in [0, 0.05) is 38.8 Å². The molecule has 1 aromatic carbocycles. The second-order valence-electron chi connectivity index (χ2n) is 6.29. The normalized spacial score (nSPS) is 16.1. The number of ether oxygens (including phenoxy) is 1. The van der Waals surface area contributed by atoms with Crippen molar-refractivity contribution in [3.63, 3.8) is 0 Å². The number of non-ortho nitro benzene ring substituents is 1. The maximum atomic E-state index is 12.3. The minimum Gasteiger partial charge on any atom is -0.491 e. The molecule has 0 radical (unpaired) electrons. The molecule has 1 fully saturated rings. The summed E-state index contributed by atoms with van der Waals surface area (Å²) in [7, 11) is 0. The van der Waals surface area contributed by atoms with Crippen molar-refractivity contribution >= 4 is 22.9 Å². The van der Waals surface area contributed by atoms with Crippen molar-refractivity contribution in [2.24, 2.45) is 0 Å². The molecular formula is C18H21N3O5S. The van der Waals surface area contributed by atoms with Crippen LogP contribution in [-0.2, 0) is 0 Å². The van der Waals surface area contributed by atoms with Gasteiger partial charge in [-0.05, 0) is 17.5 Å². The zero-order valence-electron chi connectivity index (χ0n) is 14.7. The molecule has 1 N–H and O–H groups in total. The summed E-state index contributed by atoms with van der Waals surface area (Å²) in [5.74, 6) is 0.411. The SMILES string of the molecule is O=C(c1cccs1)N1CCN(C[C@@H](O)COc2cccc([N+](=O)[O-])c2)CC1. The highest BCUT2D eigenvalue weighted by atomic mass is 32.1. The smallest absolute Gasteiger partial charge is 0.273 e. The van der Waals surface area contributed by atoms with Crippen molar-refractivity contribution in [2.75, 3.05) is 39.3 Å². The molecule has 0 aliphatic carbocycles. The number of carbonyl (C=O) groups is 1. The minimum atomic E-state index is -0.719. The van der Waals surface area contributed by atoms with Gasteiger partial charge in [-0.2, -0.15) is 0 Å². The number of benzene rings is 1. The first-order valence-electron chi connectivity index (χ1n) is 8.63. The van der Waals surface area contributed by atoms with Gasteiger partial charge in [0.05, 0.1) is 15.9 Å². The Balaban J connectivity index is 1.42. The van der Waals surface area contributed by atoms with E-state index in [4.69, 9.17) is 4.74 Å². The first kappa shape index (κ1) is 19.3. The third-order valence-corrected chi connectivity index (χ3v) is 5.19. The second-order valence-corrected chi connectivity index (χ2v) is 7.24. The highest BCUT2D eigenvalue weighted by molar-refractivity contribution is 7.12. The molecule has 0 spiro atoms. The fourth-order valence-electron chi connectivity index (χ4n) is 2.92. The van der Waals surface area contributed by atoms with Crippen LogP contribution in [0.25, 0.3) is 0 Å².